The van der Waals surface area contributed by atoms with Gasteiger partial charge in [0.1, 0.15) is 0 Å². The SMILES string of the molecule is CCOC(=O)N1CCC(NCCC(=O)Nc2ccccc2CC)CC1. The molecule has 6 nitrogen and oxygen atoms in total. The van der Waals surface area contributed by atoms with Crippen LogP contribution < -0.4 is 10.6 Å². The highest BCUT2D eigenvalue weighted by molar-refractivity contribution is 5.91. The number of amides is 2. The first-order chi connectivity index (χ1) is 12.1. The highest BCUT2D eigenvalue weighted by atomic mass is 16.6. The summed E-state index contributed by atoms with van der Waals surface area (Å²) in [6, 6.07) is 8.24. The Morgan fingerprint density at radius 3 is 2.60 bits per heavy atom. The van der Waals surface area contributed by atoms with E-state index in [1.807, 2.05) is 31.2 Å². The molecule has 2 rings (SSSR count). The highest BCUT2D eigenvalue weighted by Gasteiger charge is 2.23. The minimum Gasteiger partial charge on any atom is -0.450 e. The fraction of sp³-hybridized carbons (Fsp3) is 0.579. The fourth-order valence-corrected chi connectivity index (χ4v) is 3.03. The second-order valence-electron chi connectivity index (χ2n) is 6.22. The zero-order valence-corrected chi connectivity index (χ0v) is 15.2. The zero-order valence-electron chi connectivity index (χ0n) is 15.2. The summed E-state index contributed by atoms with van der Waals surface area (Å²) < 4.78 is 5.02. The molecule has 0 aliphatic carbocycles. The summed E-state index contributed by atoms with van der Waals surface area (Å²) in [7, 11) is 0. The Hall–Kier alpha value is -2.08. The number of para-hydroxylation sites is 1. The van der Waals surface area contributed by atoms with Gasteiger partial charge in [0.05, 0.1) is 6.61 Å². The van der Waals surface area contributed by atoms with E-state index >= 15 is 0 Å². The Bertz CT molecular complexity index is 569. The van der Waals surface area contributed by atoms with Crippen LogP contribution >= 0.6 is 0 Å². The molecule has 0 unspecified atom stereocenters. The van der Waals surface area contributed by atoms with Crippen molar-refractivity contribution in [3.05, 3.63) is 29.8 Å². The van der Waals surface area contributed by atoms with Gasteiger partial charge in [-0.25, -0.2) is 4.79 Å². The van der Waals surface area contributed by atoms with Crippen molar-refractivity contribution in [1.82, 2.24) is 10.2 Å². The molecule has 1 fully saturated rings. The third kappa shape index (κ3) is 6.05. The molecule has 1 aromatic carbocycles. The van der Waals surface area contributed by atoms with E-state index < -0.39 is 0 Å². The topological polar surface area (TPSA) is 70.7 Å². The normalized spacial score (nSPS) is 15.0. The number of hydrogen-bond donors (Lipinski definition) is 2. The third-order valence-corrected chi connectivity index (χ3v) is 4.48. The van der Waals surface area contributed by atoms with Gasteiger partial charge < -0.3 is 20.3 Å². The molecule has 0 spiro atoms. The minimum atomic E-state index is -0.227. The maximum Gasteiger partial charge on any atom is 0.409 e. The number of aryl methyl sites for hydroxylation is 1. The molecule has 1 saturated heterocycles. The molecule has 0 atom stereocenters. The number of nitrogens with one attached hydrogen (secondary N) is 2. The van der Waals surface area contributed by atoms with E-state index in [1.54, 1.807) is 4.90 Å². The highest BCUT2D eigenvalue weighted by Crippen LogP contribution is 2.15. The predicted octanol–water partition coefficient (Wildman–Crippen LogP) is 2.79. The second kappa shape index (κ2) is 10.0. The Morgan fingerprint density at radius 1 is 1.20 bits per heavy atom. The van der Waals surface area contributed by atoms with Gasteiger partial charge in [-0.15, -0.1) is 0 Å². The molecule has 1 aliphatic heterocycles. The van der Waals surface area contributed by atoms with Gasteiger partial charge in [-0.3, -0.25) is 4.79 Å². The molecule has 138 valence electrons. The molecule has 2 amide bonds. The standard InChI is InChI=1S/C19H29N3O3/c1-3-15-7-5-6-8-17(15)21-18(23)9-12-20-16-10-13-22(14-11-16)19(24)25-4-2/h5-8,16,20H,3-4,9-14H2,1-2H3,(H,21,23). The summed E-state index contributed by atoms with van der Waals surface area (Å²) in [4.78, 5) is 25.5. The van der Waals surface area contributed by atoms with Crippen molar-refractivity contribution in [2.75, 3.05) is 31.6 Å². The summed E-state index contributed by atoms with van der Waals surface area (Å²) in [6.07, 6.45) is 2.89. The van der Waals surface area contributed by atoms with Crippen LogP contribution in [0.15, 0.2) is 24.3 Å². The lowest BCUT2D eigenvalue weighted by molar-refractivity contribution is -0.116. The molecular formula is C19H29N3O3. The van der Waals surface area contributed by atoms with Crippen molar-refractivity contribution >= 4 is 17.7 Å². The van der Waals surface area contributed by atoms with Crippen LogP contribution in [-0.2, 0) is 16.0 Å². The Morgan fingerprint density at radius 2 is 1.92 bits per heavy atom. The van der Waals surface area contributed by atoms with Crippen LogP contribution in [0.4, 0.5) is 10.5 Å². The maximum atomic E-state index is 12.1. The number of carbonyl (C=O) groups is 2. The van der Waals surface area contributed by atoms with E-state index in [2.05, 4.69) is 17.6 Å². The number of anilines is 1. The quantitative estimate of drug-likeness (QED) is 0.796. The van der Waals surface area contributed by atoms with E-state index in [9.17, 15) is 9.59 Å². The maximum absolute atomic E-state index is 12.1. The fourth-order valence-electron chi connectivity index (χ4n) is 3.03. The van der Waals surface area contributed by atoms with Gasteiger partial charge in [-0.1, -0.05) is 25.1 Å². The Balaban J connectivity index is 1.66. The van der Waals surface area contributed by atoms with E-state index in [-0.39, 0.29) is 12.0 Å². The van der Waals surface area contributed by atoms with Gasteiger partial charge in [-0.05, 0) is 37.8 Å². The molecule has 0 bridgehead atoms. The predicted molar refractivity (Wildman–Crippen MR) is 98.7 cm³/mol. The van der Waals surface area contributed by atoms with Crippen molar-refractivity contribution < 1.29 is 14.3 Å². The summed E-state index contributed by atoms with van der Waals surface area (Å²) >= 11 is 0. The van der Waals surface area contributed by atoms with Gasteiger partial charge in [0.2, 0.25) is 5.91 Å². The number of nitrogens with zero attached hydrogens (tertiary/aromatic N) is 1. The summed E-state index contributed by atoms with van der Waals surface area (Å²) in [5, 5.41) is 6.41. The van der Waals surface area contributed by atoms with E-state index in [0.717, 1.165) is 30.5 Å². The van der Waals surface area contributed by atoms with Gasteiger partial charge >= 0.3 is 6.09 Å². The number of benzene rings is 1. The molecule has 1 aliphatic rings. The van der Waals surface area contributed by atoms with E-state index in [0.29, 0.717) is 38.7 Å². The van der Waals surface area contributed by atoms with Crippen molar-refractivity contribution in [3.63, 3.8) is 0 Å². The number of hydrogen-bond acceptors (Lipinski definition) is 4. The average molecular weight is 347 g/mol. The largest absolute Gasteiger partial charge is 0.450 e. The molecule has 0 saturated carbocycles. The molecule has 0 radical (unpaired) electrons. The molecule has 2 N–H and O–H groups in total. The molecule has 6 heteroatoms. The van der Waals surface area contributed by atoms with Crippen molar-refractivity contribution in [3.8, 4) is 0 Å². The lowest BCUT2D eigenvalue weighted by atomic mass is 10.1. The summed E-state index contributed by atoms with van der Waals surface area (Å²) in [5.41, 5.74) is 2.05. The van der Waals surface area contributed by atoms with Crippen LogP contribution in [0.3, 0.4) is 0 Å². The number of rotatable bonds is 7. The van der Waals surface area contributed by atoms with E-state index in [1.165, 1.54) is 0 Å². The number of ether oxygens (including phenoxy) is 1. The van der Waals surface area contributed by atoms with Crippen LogP contribution in [0.2, 0.25) is 0 Å². The number of piperidine rings is 1. The minimum absolute atomic E-state index is 0.0253. The van der Waals surface area contributed by atoms with Gasteiger partial charge in [-0.2, -0.15) is 0 Å². The molecule has 25 heavy (non-hydrogen) atoms. The van der Waals surface area contributed by atoms with Crippen LogP contribution in [0.25, 0.3) is 0 Å². The molecule has 1 heterocycles. The van der Waals surface area contributed by atoms with Crippen molar-refractivity contribution in [2.24, 2.45) is 0 Å². The van der Waals surface area contributed by atoms with Gasteiger partial charge in [0.15, 0.2) is 0 Å². The van der Waals surface area contributed by atoms with E-state index in [4.69, 9.17) is 4.74 Å². The first-order valence-corrected chi connectivity index (χ1v) is 9.16. The number of likely N-dealkylation sites (tertiary alicyclic amines) is 1. The van der Waals surface area contributed by atoms with Gasteiger partial charge in [0, 0.05) is 37.8 Å². The first kappa shape index (κ1) is 19.2. The molecular weight excluding hydrogens is 318 g/mol. The van der Waals surface area contributed by atoms with Crippen LogP contribution in [0.1, 0.15) is 38.7 Å². The van der Waals surface area contributed by atoms with Crippen LogP contribution in [0.5, 0.6) is 0 Å². The molecule has 0 aromatic heterocycles. The molecule has 1 aromatic rings. The smallest absolute Gasteiger partial charge is 0.409 e. The van der Waals surface area contributed by atoms with Crippen LogP contribution in [0, 0.1) is 0 Å². The first-order valence-electron chi connectivity index (χ1n) is 9.16. The average Bonchev–Trinajstić information content (AvgIpc) is 2.63. The summed E-state index contributed by atoms with van der Waals surface area (Å²) in [5.74, 6) is 0.0253. The van der Waals surface area contributed by atoms with Crippen molar-refractivity contribution in [2.45, 2.75) is 45.6 Å². The Labute approximate surface area is 149 Å². The monoisotopic (exact) mass is 347 g/mol. The second-order valence-corrected chi connectivity index (χ2v) is 6.22. The Kier molecular flexibility index (Phi) is 7.73. The lowest BCUT2D eigenvalue weighted by Crippen LogP contribution is -2.45. The van der Waals surface area contributed by atoms with Crippen LogP contribution in [-0.4, -0.2) is 49.2 Å². The van der Waals surface area contributed by atoms with Gasteiger partial charge in [0.25, 0.3) is 0 Å². The summed E-state index contributed by atoms with van der Waals surface area (Å²) in [6.45, 7) is 6.35. The van der Waals surface area contributed by atoms with Crippen molar-refractivity contribution in [1.29, 1.82) is 0 Å². The number of carbonyl (C=O) groups excluding carboxylic acids is 2. The zero-order chi connectivity index (χ0) is 18.1. The lowest BCUT2D eigenvalue weighted by Gasteiger charge is -2.31. The third-order valence-electron chi connectivity index (χ3n) is 4.48.